The maximum Gasteiger partial charge on any atom is 0.163 e. The Morgan fingerprint density at radius 1 is 1.03 bits per heavy atom. The smallest absolute Gasteiger partial charge is 0.163 e. The summed E-state index contributed by atoms with van der Waals surface area (Å²) in [6.07, 6.45) is 8.29. The number of rotatable bonds is 4. The molecule has 3 aromatic rings. The summed E-state index contributed by atoms with van der Waals surface area (Å²) in [6, 6.07) is 14.3. The first-order chi connectivity index (χ1) is 14.3. The van der Waals surface area contributed by atoms with E-state index in [2.05, 4.69) is 40.0 Å². The van der Waals surface area contributed by atoms with Gasteiger partial charge in [-0.15, -0.1) is 11.8 Å². The zero-order valence-electron chi connectivity index (χ0n) is 15.7. The molecule has 1 aromatic carbocycles. The first-order valence-electron chi connectivity index (χ1n) is 9.61. The number of pyridine rings is 1. The van der Waals surface area contributed by atoms with Gasteiger partial charge in [-0.1, -0.05) is 36.4 Å². The Balaban J connectivity index is 1.48. The van der Waals surface area contributed by atoms with Crippen molar-refractivity contribution < 1.29 is 5.11 Å². The maximum atomic E-state index is 10.1. The van der Waals surface area contributed by atoms with Gasteiger partial charge in [-0.2, -0.15) is 0 Å². The highest BCUT2D eigenvalue weighted by atomic mass is 32.2. The fourth-order valence-electron chi connectivity index (χ4n) is 3.57. The number of hydrogen-bond donors (Lipinski definition) is 2. The second kappa shape index (κ2) is 7.81. The van der Waals surface area contributed by atoms with Gasteiger partial charge in [0, 0.05) is 29.6 Å². The monoisotopic (exact) mass is 400 g/mol. The van der Waals surface area contributed by atoms with Crippen molar-refractivity contribution in [2.24, 2.45) is 0 Å². The van der Waals surface area contributed by atoms with E-state index in [1.165, 1.54) is 11.1 Å². The Bertz CT molecular complexity index is 1180. The van der Waals surface area contributed by atoms with Crippen molar-refractivity contribution in [3.05, 3.63) is 76.4 Å². The highest BCUT2D eigenvalue weighted by Crippen LogP contribution is 2.36. The van der Waals surface area contributed by atoms with E-state index in [4.69, 9.17) is 9.97 Å². The molecule has 2 aliphatic rings. The van der Waals surface area contributed by atoms with E-state index in [1.54, 1.807) is 24.2 Å². The van der Waals surface area contributed by atoms with Crippen LogP contribution in [0.5, 0.6) is 0 Å². The standard InChI is InChI=1S/C23H20N4OS/c28-18-8-9-20-19(12-18)23(27-22(25-20)16-7-4-10-24-13-16)26-21-11-17(14-29-21)15-5-2-1-3-6-15/h1-7,9-10,12-14,18,21,28H,8,11H2,(H,25,26,27). The lowest BCUT2D eigenvalue weighted by Gasteiger charge is -2.17. The summed E-state index contributed by atoms with van der Waals surface area (Å²) in [6.45, 7) is 0. The van der Waals surface area contributed by atoms with E-state index >= 15 is 0 Å². The van der Waals surface area contributed by atoms with E-state index in [-0.39, 0.29) is 5.37 Å². The summed E-state index contributed by atoms with van der Waals surface area (Å²) in [4.78, 5) is 13.7. The van der Waals surface area contributed by atoms with Crippen LogP contribution >= 0.6 is 11.8 Å². The van der Waals surface area contributed by atoms with Gasteiger partial charge in [-0.05, 0) is 41.2 Å². The normalized spacial score (nSPS) is 20.2. The fraction of sp³-hybridized carbons (Fsp3) is 0.174. The highest BCUT2D eigenvalue weighted by Gasteiger charge is 2.21. The number of aliphatic hydroxyl groups is 1. The molecule has 29 heavy (non-hydrogen) atoms. The molecule has 0 bridgehead atoms. The Hall–Kier alpha value is -2.96. The third-order valence-corrected chi connectivity index (χ3v) is 6.06. The van der Waals surface area contributed by atoms with E-state index in [1.807, 2.05) is 30.4 Å². The van der Waals surface area contributed by atoms with Gasteiger partial charge >= 0.3 is 0 Å². The molecule has 5 rings (SSSR count). The minimum absolute atomic E-state index is 0.179. The van der Waals surface area contributed by atoms with Gasteiger partial charge in [0.2, 0.25) is 0 Å². The molecule has 2 aromatic heterocycles. The molecule has 1 aliphatic heterocycles. The Morgan fingerprint density at radius 2 is 1.90 bits per heavy atom. The van der Waals surface area contributed by atoms with Gasteiger partial charge in [0.15, 0.2) is 5.82 Å². The molecule has 6 heteroatoms. The van der Waals surface area contributed by atoms with Gasteiger partial charge in [-0.3, -0.25) is 4.98 Å². The molecule has 144 valence electrons. The van der Waals surface area contributed by atoms with E-state index in [9.17, 15) is 5.11 Å². The molecule has 5 nitrogen and oxygen atoms in total. The summed E-state index contributed by atoms with van der Waals surface area (Å²) in [5, 5.41) is 17.8. The molecular weight excluding hydrogens is 380 g/mol. The molecule has 2 N–H and O–H groups in total. The predicted molar refractivity (Wildman–Crippen MR) is 118 cm³/mol. The minimum Gasteiger partial charge on any atom is -0.389 e. The number of fused-ring (bicyclic) bond motifs is 1. The van der Waals surface area contributed by atoms with Crippen LogP contribution in [0.1, 0.15) is 18.4 Å². The van der Waals surface area contributed by atoms with Gasteiger partial charge in [-0.25, -0.2) is 9.97 Å². The minimum atomic E-state index is -0.509. The predicted octanol–water partition coefficient (Wildman–Crippen LogP) is 2.78. The molecule has 0 saturated carbocycles. The molecule has 2 unspecified atom stereocenters. The van der Waals surface area contributed by atoms with Crippen molar-refractivity contribution in [2.75, 3.05) is 5.32 Å². The van der Waals surface area contributed by atoms with Gasteiger partial charge < -0.3 is 10.4 Å². The summed E-state index contributed by atoms with van der Waals surface area (Å²) in [5.41, 5.74) is 3.44. The molecule has 0 amide bonds. The lowest BCUT2D eigenvalue weighted by atomic mass is 10.0. The largest absolute Gasteiger partial charge is 0.389 e. The van der Waals surface area contributed by atoms with Crippen LogP contribution in [0.3, 0.4) is 0 Å². The molecule has 0 saturated heterocycles. The van der Waals surface area contributed by atoms with Crippen LogP contribution < -0.4 is 15.9 Å². The number of anilines is 1. The number of thioether (sulfide) groups is 1. The summed E-state index contributed by atoms with van der Waals surface area (Å²) >= 11 is 1.76. The second-order valence-electron chi connectivity index (χ2n) is 7.09. The molecule has 3 heterocycles. The lowest BCUT2D eigenvalue weighted by molar-refractivity contribution is 0.244. The van der Waals surface area contributed by atoms with Crippen LogP contribution in [0.2, 0.25) is 0 Å². The summed E-state index contributed by atoms with van der Waals surface area (Å²) < 4.78 is 0. The van der Waals surface area contributed by atoms with Crippen LogP contribution in [0.25, 0.3) is 29.1 Å². The Kier molecular flexibility index (Phi) is 4.87. The molecule has 0 fully saturated rings. The van der Waals surface area contributed by atoms with Gasteiger partial charge in [0.25, 0.3) is 0 Å². The van der Waals surface area contributed by atoms with Crippen LogP contribution in [0.4, 0.5) is 5.82 Å². The Morgan fingerprint density at radius 3 is 2.72 bits per heavy atom. The third-order valence-electron chi connectivity index (χ3n) is 5.03. The summed E-state index contributed by atoms with van der Waals surface area (Å²) in [5.74, 6) is 1.39. The lowest BCUT2D eigenvalue weighted by Crippen LogP contribution is -2.38. The number of aromatic nitrogens is 3. The maximum absolute atomic E-state index is 10.1. The van der Waals surface area contributed by atoms with Crippen LogP contribution in [-0.4, -0.2) is 31.5 Å². The molecule has 0 spiro atoms. The van der Waals surface area contributed by atoms with Crippen LogP contribution in [0, 0.1) is 0 Å². The topological polar surface area (TPSA) is 70.9 Å². The van der Waals surface area contributed by atoms with Crippen molar-refractivity contribution in [1.29, 1.82) is 0 Å². The van der Waals surface area contributed by atoms with Crippen molar-refractivity contribution in [1.82, 2.24) is 15.0 Å². The highest BCUT2D eigenvalue weighted by molar-refractivity contribution is 8.03. The van der Waals surface area contributed by atoms with Crippen LogP contribution in [-0.2, 0) is 0 Å². The first kappa shape index (κ1) is 18.1. The van der Waals surface area contributed by atoms with Crippen molar-refractivity contribution in [3.8, 4) is 11.4 Å². The molecule has 0 radical (unpaired) electrons. The van der Waals surface area contributed by atoms with E-state index in [0.29, 0.717) is 12.2 Å². The average molecular weight is 401 g/mol. The third kappa shape index (κ3) is 3.81. The number of nitrogens with zero attached hydrogens (tertiary/aromatic N) is 3. The quantitative estimate of drug-likeness (QED) is 0.702. The van der Waals surface area contributed by atoms with E-state index in [0.717, 1.165) is 28.4 Å². The average Bonchev–Trinajstić information content (AvgIpc) is 3.24. The second-order valence-corrected chi connectivity index (χ2v) is 8.17. The van der Waals surface area contributed by atoms with E-state index < -0.39 is 6.10 Å². The van der Waals surface area contributed by atoms with Crippen LogP contribution in [0.15, 0.2) is 60.3 Å². The summed E-state index contributed by atoms with van der Waals surface area (Å²) in [7, 11) is 0. The fourth-order valence-corrected chi connectivity index (χ4v) is 4.59. The molecule has 1 aliphatic carbocycles. The number of hydrogen-bond acceptors (Lipinski definition) is 6. The number of nitrogens with one attached hydrogen (secondary N) is 1. The number of aliphatic hydroxyl groups excluding tert-OH is 1. The van der Waals surface area contributed by atoms with Gasteiger partial charge in [0.05, 0.1) is 16.8 Å². The molecular formula is C23H20N4OS. The zero-order valence-corrected chi connectivity index (χ0v) is 16.5. The van der Waals surface area contributed by atoms with Crippen molar-refractivity contribution in [3.63, 3.8) is 0 Å². The molecule has 2 atom stereocenters. The zero-order chi connectivity index (χ0) is 19.6. The van der Waals surface area contributed by atoms with Crippen molar-refractivity contribution in [2.45, 2.75) is 24.3 Å². The first-order valence-corrected chi connectivity index (χ1v) is 10.6. The Labute approximate surface area is 173 Å². The SMILES string of the molecule is OC1C=c2c(NC3CC(c4ccccc4)=CS3)nc(-c3cccnc3)nc2=CC1. The van der Waals surface area contributed by atoms with Gasteiger partial charge in [0.1, 0.15) is 5.82 Å². The van der Waals surface area contributed by atoms with Crippen molar-refractivity contribution >= 4 is 35.3 Å². The number of benzene rings is 1.